The van der Waals surface area contributed by atoms with Crippen LogP contribution in [0.15, 0.2) is 36.9 Å². The van der Waals surface area contributed by atoms with E-state index in [0.29, 0.717) is 0 Å². The summed E-state index contributed by atoms with van der Waals surface area (Å²) in [5.74, 6) is -0.218. The zero-order chi connectivity index (χ0) is 13.6. The van der Waals surface area contributed by atoms with Gasteiger partial charge in [-0.25, -0.2) is 0 Å². The topological polar surface area (TPSA) is 21.3 Å². The minimum atomic E-state index is -4.65. The van der Waals surface area contributed by atoms with Crippen LogP contribution in [-0.2, 0) is 0 Å². The van der Waals surface area contributed by atoms with Gasteiger partial charge in [-0.2, -0.15) is 0 Å². The number of hydrogen-bond donors (Lipinski definition) is 1. The van der Waals surface area contributed by atoms with Crippen LogP contribution in [-0.4, -0.2) is 12.9 Å². The molecule has 0 radical (unpaired) electrons. The fraction of sp³-hybridized carbons (Fsp3) is 0.385. The van der Waals surface area contributed by atoms with Gasteiger partial charge in [-0.3, -0.25) is 0 Å². The van der Waals surface area contributed by atoms with Crippen LogP contribution < -0.4 is 10.1 Å². The van der Waals surface area contributed by atoms with E-state index < -0.39 is 6.36 Å². The zero-order valence-electron chi connectivity index (χ0n) is 10.1. The van der Waals surface area contributed by atoms with Gasteiger partial charge in [0, 0.05) is 0 Å². The van der Waals surface area contributed by atoms with E-state index in [9.17, 15) is 13.2 Å². The van der Waals surface area contributed by atoms with Crippen LogP contribution in [0.4, 0.5) is 13.2 Å². The minimum absolute atomic E-state index is 0.0649. The van der Waals surface area contributed by atoms with Crippen LogP contribution >= 0.6 is 0 Å². The highest BCUT2D eigenvalue weighted by Gasteiger charge is 2.30. The lowest BCUT2D eigenvalue weighted by Gasteiger charge is -2.15. The molecular weight excluding hydrogens is 243 g/mol. The summed E-state index contributed by atoms with van der Waals surface area (Å²) < 4.78 is 39.8. The van der Waals surface area contributed by atoms with E-state index in [4.69, 9.17) is 0 Å². The Balaban J connectivity index is 2.71. The molecular formula is C13H16F3NO. The number of hydrogen-bond acceptors (Lipinski definition) is 2. The third-order valence-electron chi connectivity index (χ3n) is 2.32. The van der Waals surface area contributed by atoms with Crippen molar-refractivity contribution in [3.63, 3.8) is 0 Å². The van der Waals surface area contributed by atoms with Crippen LogP contribution in [0.5, 0.6) is 5.75 Å². The first-order valence-corrected chi connectivity index (χ1v) is 5.68. The zero-order valence-corrected chi connectivity index (χ0v) is 10.1. The number of ether oxygens (including phenoxy) is 1. The maximum atomic E-state index is 12.0. The van der Waals surface area contributed by atoms with Crippen LogP contribution in [0.2, 0.25) is 0 Å². The van der Waals surface area contributed by atoms with Crippen LogP contribution in [0.25, 0.3) is 0 Å². The van der Waals surface area contributed by atoms with Gasteiger partial charge in [0.15, 0.2) is 0 Å². The van der Waals surface area contributed by atoms with E-state index in [1.807, 2.05) is 6.92 Å². The summed E-state index contributed by atoms with van der Waals surface area (Å²) in [4.78, 5) is 0. The van der Waals surface area contributed by atoms with Crippen molar-refractivity contribution < 1.29 is 17.9 Å². The quantitative estimate of drug-likeness (QED) is 0.784. The van der Waals surface area contributed by atoms with Gasteiger partial charge >= 0.3 is 6.36 Å². The van der Waals surface area contributed by atoms with Gasteiger partial charge in [0.1, 0.15) is 5.75 Å². The fourth-order valence-electron chi connectivity index (χ4n) is 1.51. The summed E-state index contributed by atoms with van der Waals surface area (Å²) in [6.07, 6.45) is -1.96. The highest BCUT2D eigenvalue weighted by atomic mass is 19.4. The van der Waals surface area contributed by atoms with E-state index in [1.165, 1.54) is 12.1 Å². The summed E-state index contributed by atoms with van der Waals surface area (Å²) in [6.45, 7) is 6.55. The Morgan fingerprint density at radius 2 is 1.94 bits per heavy atom. The summed E-state index contributed by atoms with van der Waals surface area (Å²) >= 11 is 0. The molecule has 0 aliphatic heterocycles. The van der Waals surface area contributed by atoms with Gasteiger partial charge in [0.2, 0.25) is 0 Å². The molecule has 0 aliphatic rings. The second kappa shape index (κ2) is 6.44. The van der Waals surface area contributed by atoms with Crippen molar-refractivity contribution in [3.05, 3.63) is 42.5 Å². The first-order valence-electron chi connectivity index (χ1n) is 5.68. The van der Waals surface area contributed by atoms with Gasteiger partial charge in [-0.05, 0) is 30.7 Å². The van der Waals surface area contributed by atoms with E-state index >= 15 is 0 Å². The molecule has 0 saturated heterocycles. The summed E-state index contributed by atoms with van der Waals surface area (Å²) in [5.41, 5.74) is 0.855. The highest BCUT2D eigenvalue weighted by molar-refractivity contribution is 5.30. The molecule has 0 aliphatic carbocycles. The molecule has 0 heterocycles. The lowest BCUT2D eigenvalue weighted by molar-refractivity contribution is -0.274. The smallest absolute Gasteiger partial charge is 0.406 e. The van der Waals surface area contributed by atoms with Gasteiger partial charge in [0.05, 0.1) is 6.04 Å². The number of nitrogens with one attached hydrogen (secondary N) is 1. The maximum Gasteiger partial charge on any atom is 0.573 e. The van der Waals surface area contributed by atoms with Gasteiger partial charge < -0.3 is 10.1 Å². The Kier molecular flexibility index (Phi) is 5.22. The van der Waals surface area contributed by atoms with Crippen LogP contribution in [0.1, 0.15) is 24.9 Å². The fourth-order valence-corrected chi connectivity index (χ4v) is 1.51. The van der Waals surface area contributed by atoms with Gasteiger partial charge in [-0.15, -0.1) is 19.8 Å². The molecule has 0 fully saturated rings. The van der Waals surface area contributed by atoms with Crippen molar-refractivity contribution in [1.29, 1.82) is 0 Å². The highest BCUT2D eigenvalue weighted by Crippen LogP contribution is 2.24. The Morgan fingerprint density at radius 3 is 2.39 bits per heavy atom. The lowest BCUT2D eigenvalue weighted by atomic mass is 10.1. The van der Waals surface area contributed by atoms with Crippen LogP contribution in [0.3, 0.4) is 0 Å². The molecule has 0 spiro atoms. The Morgan fingerprint density at radius 1 is 1.33 bits per heavy atom. The first kappa shape index (κ1) is 14.6. The van der Waals surface area contributed by atoms with Gasteiger partial charge in [-0.1, -0.05) is 25.1 Å². The van der Waals surface area contributed by atoms with Crippen molar-refractivity contribution in [1.82, 2.24) is 5.32 Å². The third-order valence-corrected chi connectivity index (χ3v) is 2.32. The molecule has 18 heavy (non-hydrogen) atoms. The first-order chi connectivity index (χ1) is 8.46. The molecule has 1 atom stereocenters. The molecule has 1 unspecified atom stereocenters. The molecule has 2 nitrogen and oxygen atoms in total. The number of benzene rings is 1. The average molecular weight is 259 g/mol. The minimum Gasteiger partial charge on any atom is -0.406 e. The van der Waals surface area contributed by atoms with E-state index in [2.05, 4.69) is 16.6 Å². The lowest BCUT2D eigenvalue weighted by Crippen LogP contribution is -2.20. The standard InChI is InChI=1S/C13H16F3NO/c1-3-9-17-12(4-2)10-5-7-11(8-6-10)18-13(14,15)16/h4-8,12,17H,2-3,9H2,1H3. The van der Waals surface area contributed by atoms with Crippen molar-refractivity contribution in [3.8, 4) is 5.75 Å². The largest absolute Gasteiger partial charge is 0.573 e. The maximum absolute atomic E-state index is 12.0. The van der Waals surface area contributed by atoms with Crippen LogP contribution in [0, 0.1) is 0 Å². The monoisotopic (exact) mass is 259 g/mol. The molecule has 1 N–H and O–H groups in total. The number of halogens is 3. The third kappa shape index (κ3) is 4.79. The molecule has 100 valence electrons. The van der Waals surface area contributed by atoms with Crippen molar-refractivity contribution >= 4 is 0 Å². The Hall–Kier alpha value is -1.49. The molecule has 5 heteroatoms. The number of rotatable bonds is 6. The van der Waals surface area contributed by atoms with E-state index in [1.54, 1.807) is 18.2 Å². The number of alkyl halides is 3. The normalized spacial score (nSPS) is 13.1. The summed E-state index contributed by atoms with van der Waals surface area (Å²) in [5, 5.41) is 3.22. The molecule has 0 saturated carbocycles. The Bertz CT molecular complexity index is 373. The van der Waals surface area contributed by atoms with Crippen molar-refractivity contribution in [2.75, 3.05) is 6.54 Å². The molecule has 1 aromatic carbocycles. The molecule has 1 aromatic rings. The Labute approximate surface area is 104 Å². The molecule has 1 rings (SSSR count). The predicted octanol–water partition coefficient (Wildman–Crippen LogP) is 3.81. The molecule has 0 bridgehead atoms. The summed E-state index contributed by atoms with van der Waals surface area (Å²) in [6, 6.07) is 5.72. The second-order valence-corrected chi connectivity index (χ2v) is 3.78. The average Bonchev–Trinajstić information content (AvgIpc) is 2.30. The van der Waals surface area contributed by atoms with Gasteiger partial charge in [0.25, 0.3) is 0 Å². The van der Waals surface area contributed by atoms with Crippen molar-refractivity contribution in [2.24, 2.45) is 0 Å². The predicted molar refractivity (Wildman–Crippen MR) is 64.4 cm³/mol. The molecule has 0 aromatic heterocycles. The second-order valence-electron chi connectivity index (χ2n) is 3.78. The van der Waals surface area contributed by atoms with Crippen molar-refractivity contribution in [2.45, 2.75) is 25.7 Å². The SMILES string of the molecule is C=CC(NCCC)c1ccc(OC(F)(F)F)cc1. The van der Waals surface area contributed by atoms with E-state index in [0.717, 1.165) is 18.5 Å². The van der Waals surface area contributed by atoms with E-state index in [-0.39, 0.29) is 11.8 Å². The summed E-state index contributed by atoms with van der Waals surface area (Å²) in [7, 11) is 0. The molecule has 0 amide bonds.